The quantitative estimate of drug-likeness (QED) is 0.724. The molecule has 1 nitrogen and oxygen atoms in total. The smallest absolute Gasteiger partial charge is 0.0319 e. The molecule has 0 bridgehead atoms. The van der Waals surface area contributed by atoms with Crippen LogP contribution in [-0.4, -0.2) is 28.3 Å². The van der Waals surface area contributed by atoms with Crippen LogP contribution in [0.4, 0.5) is 0 Å². The van der Waals surface area contributed by atoms with Gasteiger partial charge in [0, 0.05) is 7.11 Å². The predicted molar refractivity (Wildman–Crippen MR) is 65.0 cm³/mol. The molecule has 0 saturated carbocycles. The second-order valence-electron chi connectivity index (χ2n) is 3.06. The molecule has 0 spiro atoms. The molecule has 0 aliphatic heterocycles. The van der Waals surface area contributed by atoms with Gasteiger partial charge in [-0.2, -0.15) is 0 Å². The van der Waals surface area contributed by atoms with Gasteiger partial charge in [-0.3, -0.25) is 0 Å². The molecule has 0 atom stereocenters. The van der Waals surface area contributed by atoms with E-state index in [9.17, 15) is 0 Å². The summed E-state index contributed by atoms with van der Waals surface area (Å²) in [5.41, 5.74) is 0. The molecule has 0 aromatic rings. The maximum absolute atomic E-state index is 7.00. The van der Waals surface area contributed by atoms with Crippen LogP contribution in [0.5, 0.6) is 0 Å². The van der Waals surface area contributed by atoms with Gasteiger partial charge in [0.05, 0.1) is 0 Å². The summed E-state index contributed by atoms with van der Waals surface area (Å²) < 4.78 is 2.29. The summed E-state index contributed by atoms with van der Waals surface area (Å²) in [5, 5.41) is 7.00. The van der Waals surface area contributed by atoms with Crippen molar-refractivity contribution in [3.05, 3.63) is 0 Å². The van der Waals surface area contributed by atoms with Gasteiger partial charge in [0.1, 0.15) is 0 Å². The van der Waals surface area contributed by atoms with Crippen LogP contribution in [0.25, 0.3) is 0 Å². The monoisotopic (exact) mass is 336 g/mol. The van der Waals surface area contributed by atoms with Crippen molar-refractivity contribution < 1.29 is 5.11 Å². The van der Waals surface area contributed by atoms with E-state index in [1.807, 2.05) is 0 Å². The minimum Gasteiger partial charge on any atom is -0.400 e. The van der Waals surface area contributed by atoms with E-state index in [2.05, 4.69) is 13.8 Å². The number of aliphatic hydroxyl groups excluding tert-OH is 1. The molecule has 0 radical (unpaired) electrons. The molecule has 0 aliphatic carbocycles. The number of unbranched alkanes of at least 4 members (excludes halogenated alkanes) is 2. The van der Waals surface area contributed by atoms with Crippen molar-refractivity contribution in [2.75, 3.05) is 7.11 Å². The van der Waals surface area contributed by atoms with Crippen molar-refractivity contribution in [3.8, 4) is 0 Å². The molecule has 0 saturated heterocycles. The Kier molecular flexibility index (Phi) is 14.7. The third-order valence-corrected chi connectivity index (χ3v) is 13.1. The van der Waals surface area contributed by atoms with E-state index in [-0.39, 0.29) is 0 Å². The number of hydrogen-bond donors (Lipinski definition) is 1. The van der Waals surface area contributed by atoms with Crippen molar-refractivity contribution in [3.63, 3.8) is 0 Å². The minimum absolute atomic E-state index is 1.00. The fraction of sp³-hybridized carbons (Fsp3) is 1.00. The van der Waals surface area contributed by atoms with Gasteiger partial charge in [-0.15, -0.1) is 0 Å². The Labute approximate surface area is 94.1 Å². The van der Waals surface area contributed by atoms with Crippen LogP contribution in [0.1, 0.15) is 39.5 Å². The van der Waals surface area contributed by atoms with Gasteiger partial charge in [-0.05, 0) is 0 Å². The molecular formula is C9H22Cl2OSn. The fourth-order valence-corrected chi connectivity index (χ4v) is 10.3. The number of hydrogen-bond acceptors (Lipinski definition) is 1. The van der Waals surface area contributed by atoms with Crippen molar-refractivity contribution in [1.82, 2.24) is 0 Å². The summed E-state index contributed by atoms with van der Waals surface area (Å²) in [6.45, 7) is 4.38. The van der Waals surface area contributed by atoms with Gasteiger partial charge in [0.25, 0.3) is 0 Å². The second-order valence-corrected chi connectivity index (χ2v) is 21.8. The van der Waals surface area contributed by atoms with E-state index in [1.54, 1.807) is 0 Å². The van der Waals surface area contributed by atoms with Gasteiger partial charge in [0.15, 0.2) is 0 Å². The van der Waals surface area contributed by atoms with Gasteiger partial charge in [-0.25, -0.2) is 0 Å². The number of halogens is 2. The first-order chi connectivity index (χ1) is 6.12. The average molecular weight is 336 g/mol. The summed E-state index contributed by atoms with van der Waals surface area (Å²) in [4.78, 5) is 0. The predicted octanol–water partition coefficient (Wildman–Crippen LogP) is 4.11. The van der Waals surface area contributed by atoms with E-state index >= 15 is 0 Å². The number of aliphatic hydroxyl groups is 1. The van der Waals surface area contributed by atoms with Gasteiger partial charge < -0.3 is 5.11 Å². The Balaban J connectivity index is 0. The molecular weight excluding hydrogens is 314 g/mol. The Morgan fingerprint density at radius 3 is 1.46 bits per heavy atom. The van der Waals surface area contributed by atoms with Crippen LogP contribution in [-0.2, 0) is 0 Å². The van der Waals surface area contributed by atoms with Crippen molar-refractivity contribution in [2.24, 2.45) is 0 Å². The molecule has 0 amide bonds. The molecule has 0 aliphatic rings. The first-order valence-electron chi connectivity index (χ1n) is 4.95. The zero-order chi connectivity index (χ0) is 10.7. The SMILES string of the molecule is CCC[CH2][Sn]([Cl])([Cl])[CH2]CCC.CO. The zero-order valence-electron chi connectivity index (χ0n) is 8.95. The van der Waals surface area contributed by atoms with E-state index in [4.69, 9.17) is 22.9 Å². The van der Waals surface area contributed by atoms with E-state index < -0.39 is 16.1 Å². The standard InChI is InChI=1S/2C4H9.CH4O.2ClH.Sn/c2*1-3-4-2;1-2;;;/h2*1,3-4H2,2H3;2H,1H3;2*1H;/q;;;;;+2/p-2. The molecule has 0 heterocycles. The zero-order valence-corrected chi connectivity index (χ0v) is 13.3. The average Bonchev–Trinajstić information content (AvgIpc) is 2.15. The third kappa shape index (κ3) is 13.3. The van der Waals surface area contributed by atoms with Crippen molar-refractivity contribution in [1.29, 1.82) is 0 Å². The van der Waals surface area contributed by atoms with E-state index in [1.165, 1.54) is 25.7 Å². The van der Waals surface area contributed by atoms with Crippen LogP contribution in [0.3, 0.4) is 0 Å². The van der Waals surface area contributed by atoms with Crippen LogP contribution < -0.4 is 0 Å². The van der Waals surface area contributed by atoms with Crippen LogP contribution in [0.2, 0.25) is 8.87 Å². The second kappa shape index (κ2) is 11.4. The first-order valence-corrected chi connectivity index (χ1v) is 16.2. The molecule has 1 N–H and O–H groups in total. The molecule has 4 heteroatoms. The Bertz CT molecular complexity index is 89.6. The molecule has 13 heavy (non-hydrogen) atoms. The summed E-state index contributed by atoms with van der Waals surface area (Å²) in [6, 6.07) is 0. The molecule has 0 rings (SSSR count). The fourth-order valence-electron chi connectivity index (χ4n) is 0.996. The van der Waals surface area contributed by atoms with Crippen LogP contribution in [0, 0.1) is 0 Å². The van der Waals surface area contributed by atoms with Gasteiger partial charge in [-0.1, -0.05) is 0 Å². The molecule has 82 valence electrons. The Morgan fingerprint density at radius 1 is 0.923 bits per heavy atom. The Morgan fingerprint density at radius 2 is 1.23 bits per heavy atom. The summed E-state index contributed by atoms with van der Waals surface area (Å²) in [7, 11) is 13.5. The topological polar surface area (TPSA) is 20.2 Å². The van der Waals surface area contributed by atoms with Gasteiger partial charge in [0.2, 0.25) is 0 Å². The van der Waals surface area contributed by atoms with E-state index in [0.717, 1.165) is 16.0 Å². The molecule has 0 aromatic heterocycles. The Hall–Kier alpha value is 1.34. The van der Waals surface area contributed by atoms with Crippen LogP contribution >= 0.6 is 17.8 Å². The minimum atomic E-state index is -2.49. The first kappa shape index (κ1) is 16.8. The molecule has 0 fully saturated rings. The number of rotatable bonds is 6. The summed E-state index contributed by atoms with van der Waals surface area (Å²) >= 11 is -2.49. The van der Waals surface area contributed by atoms with Crippen molar-refractivity contribution >= 4 is 34.0 Å². The van der Waals surface area contributed by atoms with E-state index in [0.29, 0.717) is 0 Å². The van der Waals surface area contributed by atoms with Crippen LogP contribution in [0.15, 0.2) is 0 Å². The molecule has 0 unspecified atom stereocenters. The maximum atomic E-state index is 7.00. The largest absolute Gasteiger partial charge is 0.400 e. The third-order valence-electron chi connectivity index (χ3n) is 1.79. The summed E-state index contributed by atoms with van der Waals surface area (Å²) in [6.07, 6.45) is 4.91. The normalized spacial score (nSPS) is 10.6. The maximum Gasteiger partial charge on any atom is 0.0319 e. The van der Waals surface area contributed by atoms with Crippen molar-refractivity contribution in [2.45, 2.75) is 48.4 Å². The summed E-state index contributed by atoms with van der Waals surface area (Å²) in [5.74, 6) is 0. The van der Waals surface area contributed by atoms with Gasteiger partial charge >= 0.3 is 82.4 Å². The molecule has 0 aromatic carbocycles.